The molecule has 0 spiro atoms. The molecule has 340 valence electrons. The van der Waals surface area contributed by atoms with E-state index >= 15 is 0 Å². The summed E-state index contributed by atoms with van der Waals surface area (Å²) in [6.45, 7) is 4.11. The molecule has 0 aliphatic carbocycles. The number of nitrogen functional groups attached to an aromatic ring is 1. The predicted octanol–water partition coefficient (Wildman–Crippen LogP) is 17.7. The van der Waals surface area contributed by atoms with E-state index < -0.39 is 0 Å². The fraction of sp³-hybridized carbons (Fsp3) is 0.0667. The van der Waals surface area contributed by atoms with Gasteiger partial charge in [-0.3, -0.25) is 0 Å². The number of methoxy groups -OCH3 is 2. The van der Waals surface area contributed by atoms with Crippen LogP contribution in [-0.4, -0.2) is 18.6 Å². The normalized spacial score (nSPS) is 11.9. The van der Waals surface area contributed by atoms with Crippen LogP contribution in [0, 0.1) is 13.8 Å². The van der Waals surface area contributed by atoms with E-state index in [2.05, 4.69) is 72.0 Å². The molecule has 70 heavy (non-hydrogen) atoms. The molecule has 0 fully saturated rings. The average molecular weight is 956 g/mol. The fourth-order valence-corrected chi connectivity index (χ4v) is 10.7. The topological polar surface area (TPSA) is 101 Å². The van der Waals surface area contributed by atoms with Crippen LogP contribution in [-0.2, 0) is 0 Å². The Balaban J connectivity index is 0.000000137. The number of furan rings is 4. The lowest BCUT2D eigenvalue weighted by molar-refractivity contribution is 0.414. The van der Waals surface area contributed by atoms with E-state index in [1.54, 1.807) is 20.3 Å². The lowest BCUT2D eigenvalue weighted by Gasteiger charge is -2.13. The molecule has 0 aliphatic heterocycles. The van der Waals surface area contributed by atoms with Gasteiger partial charge in [-0.05, 0) is 120 Å². The van der Waals surface area contributed by atoms with Crippen molar-refractivity contribution in [2.75, 3.05) is 20.0 Å². The summed E-state index contributed by atoms with van der Waals surface area (Å²) < 4.78 is 38.7. The van der Waals surface area contributed by atoms with Crippen LogP contribution >= 0.6 is 23.2 Å². The van der Waals surface area contributed by atoms with E-state index in [0.717, 1.165) is 99.2 Å². The molecule has 6 heterocycles. The Morgan fingerprint density at radius 2 is 0.829 bits per heavy atom. The fourth-order valence-electron chi connectivity index (χ4n) is 10.1. The zero-order valence-electron chi connectivity index (χ0n) is 38.2. The van der Waals surface area contributed by atoms with Crippen LogP contribution in [0.5, 0.6) is 11.5 Å². The monoisotopic (exact) mass is 954 g/mol. The maximum absolute atomic E-state index is 6.83. The number of nitrogens with two attached hydrogens (primary N) is 1. The molecule has 0 atom stereocenters. The number of benzene rings is 8. The number of fused-ring (bicyclic) bond motifs is 12. The van der Waals surface area contributed by atoms with Gasteiger partial charge < -0.3 is 37.3 Å². The molecule has 0 saturated heterocycles. The van der Waals surface area contributed by atoms with Crippen molar-refractivity contribution < 1.29 is 27.1 Å². The molecule has 0 amide bonds. The largest absolute Gasteiger partial charge is 0.497 e. The summed E-state index contributed by atoms with van der Waals surface area (Å²) in [6.07, 6.45) is 0. The van der Waals surface area contributed by atoms with Gasteiger partial charge >= 0.3 is 0 Å². The number of rotatable bonds is 6. The molecular weight excluding hydrogens is 916 g/mol. The van der Waals surface area contributed by atoms with Gasteiger partial charge in [0, 0.05) is 55.6 Å². The van der Waals surface area contributed by atoms with E-state index in [-0.39, 0.29) is 0 Å². The summed E-state index contributed by atoms with van der Waals surface area (Å²) in [6, 6.07) is 52.9. The van der Waals surface area contributed by atoms with Gasteiger partial charge in [0.2, 0.25) is 0 Å². The third-order valence-electron chi connectivity index (χ3n) is 13.5. The van der Waals surface area contributed by atoms with Crippen molar-refractivity contribution in [3.63, 3.8) is 0 Å². The van der Waals surface area contributed by atoms with Crippen LogP contribution < -0.4 is 15.2 Å². The van der Waals surface area contributed by atoms with E-state index in [1.165, 1.54) is 11.1 Å². The first kappa shape index (κ1) is 41.9. The number of aromatic nitrogens is 1. The van der Waals surface area contributed by atoms with Crippen molar-refractivity contribution in [2.24, 2.45) is 0 Å². The van der Waals surface area contributed by atoms with E-state index in [4.69, 9.17) is 56.1 Å². The van der Waals surface area contributed by atoms with Crippen molar-refractivity contribution in [1.82, 2.24) is 4.40 Å². The Morgan fingerprint density at radius 1 is 0.414 bits per heavy atom. The average Bonchev–Trinajstić information content (AvgIpc) is 4.23. The first-order valence-electron chi connectivity index (χ1n) is 22.8. The summed E-state index contributed by atoms with van der Waals surface area (Å²) in [5.74, 6) is 2.43. The molecule has 0 saturated carbocycles. The summed E-state index contributed by atoms with van der Waals surface area (Å²) in [5, 5.41) is 6.96. The molecule has 8 aromatic carbocycles. The molecule has 0 radical (unpaired) electrons. The highest BCUT2D eigenvalue weighted by atomic mass is 35.5. The molecular formula is C60H40Cl2N2O6. The number of hydrogen-bond donors (Lipinski definition) is 1. The molecule has 14 rings (SSSR count). The molecule has 2 N–H and O–H groups in total. The number of halogens is 2. The smallest absolute Gasteiger partial charge is 0.161 e. The third kappa shape index (κ3) is 6.37. The summed E-state index contributed by atoms with van der Waals surface area (Å²) >= 11 is 13.7. The van der Waals surface area contributed by atoms with Crippen molar-refractivity contribution in [3.05, 3.63) is 179 Å². The molecule has 10 heteroatoms. The third-order valence-corrected chi connectivity index (χ3v) is 14.2. The van der Waals surface area contributed by atoms with E-state index in [9.17, 15) is 0 Å². The standard InChI is InChI=1S/C30H21Cl2NO3.C30H19NO3/c1-16-8-10-20-24(12-16)35-29(26(20)31)22-13-18(17-6-4-3-5-7-17)14-23(28(22)33)30-27(32)21-11-9-19(34-2)15-25(21)36-30;1-16-8-10-20-24(12-16)33-29-22-13-18(17-6-4-3-5-7-17)14-23-26(22)31(27(20)29)28-21-11-9-19(32-2)15-25(21)34-30(23)28/h3-15H,33H2,1-2H3;3-15H,1-2H3. The highest BCUT2D eigenvalue weighted by molar-refractivity contribution is 6.39. The van der Waals surface area contributed by atoms with Gasteiger partial charge in [0.15, 0.2) is 22.7 Å². The SMILES string of the molecule is COc1ccc2c(Cl)c(-c3cc(-c4ccccc4)cc(-c4oc5cc(C)ccc5c4Cl)c3N)oc2c1.COc1ccc2c(c1)oc1c3cc(-c4ccccc4)cc4c5oc6cc(C)ccc6c5n(c43)c21. The van der Waals surface area contributed by atoms with Crippen molar-refractivity contribution >= 4 is 111 Å². The van der Waals surface area contributed by atoms with Gasteiger partial charge in [-0.25, -0.2) is 0 Å². The van der Waals surface area contributed by atoms with Gasteiger partial charge in [-0.2, -0.15) is 0 Å². The molecule has 0 bridgehead atoms. The highest BCUT2D eigenvalue weighted by Crippen LogP contribution is 2.50. The molecule has 8 nitrogen and oxygen atoms in total. The maximum Gasteiger partial charge on any atom is 0.161 e. The number of aryl methyl sites for hydroxylation is 2. The van der Waals surface area contributed by atoms with Crippen LogP contribution in [0.2, 0.25) is 10.0 Å². The Morgan fingerprint density at radius 3 is 1.33 bits per heavy atom. The molecule has 0 aliphatic rings. The number of nitrogens with zero attached hydrogens (tertiary/aromatic N) is 1. The zero-order chi connectivity index (χ0) is 47.5. The summed E-state index contributed by atoms with van der Waals surface area (Å²) in [5.41, 5.74) is 23.2. The maximum atomic E-state index is 6.83. The second-order valence-corrected chi connectivity index (χ2v) is 18.5. The second-order valence-electron chi connectivity index (χ2n) is 17.7. The van der Waals surface area contributed by atoms with Crippen LogP contribution in [0.3, 0.4) is 0 Å². The van der Waals surface area contributed by atoms with E-state index in [1.807, 2.05) is 97.9 Å². The van der Waals surface area contributed by atoms with E-state index in [0.29, 0.717) is 55.3 Å². The lowest BCUT2D eigenvalue weighted by Crippen LogP contribution is -1.95. The highest BCUT2D eigenvalue weighted by Gasteiger charge is 2.28. The number of hydrogen-bond acceptors (Lipinski definition) is 7. The molecule has 6 aromatic heterocycles. The van der Waals surface area contributed by atoms with Crippen LogP contribution in [0.25, 0.3) is 127 Å². The van der Waals surface area contributed by atoms with Crippen molar-refractivity contribution in [1.29, 1.82) is 0 Å². The summed E-state index contributed by atoms with van der Waals surface area (Å²) in [4.78, 5) is 0. The van der Waals surface area contributed by atoms with Crippen molar-refractivity contribution in [3.8, 4) is 56.4 Å². The Kier molecular flexibility index (Phi) is 9.50. The van der Waals surface area contributed by atoms with Gasteiger partial charge in [-0.1, -0.05) is 96.0 Å². The second kappa shape index (κ2) is 15.9. The van der Waals surface area contributed by atoms with Gasteiger partial charge in [0.1, 0.15) is 44.9 Å². The van der Waals surface area contributed by atoms with Gasteiger partial charge in [0.05, 0.1) is 35.5 Å². The first-order chi connectivity index (χ1) is 34.1. The minimum atomic E-state index is 0.459. The Hall–Kier alpha value is -8.30. The Bertz CT molecular complexity index is 4390. The molecule has 0 unspecified atom stereocenters. The predicted molar refractivity (Wildman–Crippen MR) is 285 cm³/mol. The lowest BCUT2D eigenvalue weighted by atomic mass is 9.95. The van der Waals surface area contributed by atoms with Crippen molar-refractivity contribution in [2.45, 2.75) is 13.8 Å². The zero-order valence-corrected chi connectivity index (χ0v) is 39.8. The minimum Gasteiger partial charge on any atom is -0.497 e. The summed E-state index contributed by atoms with van der Waals surface area (Å²) in [7, 11) is 3.29. The Labute approximate surface area is 409 Å². The minimum absolute atomic E-state index is 0.459. The van der Waals surface area contributed by atoms with Crippen LogP contribution in [0.4, 0.5) is 5.69 Å². The van der Waals surface area contributed by atoms with Gasteiger partial charge in [-0.15, -0.1) is 0 Å². The number of anilines is 1. The number of ether oxygens (including phenoxy) is 2. The molecule has 14 aromatic rings. The first-order valence-corrected chi connectivity index (χ1v) is 23.5. The van der Waals surface area contributed by atoms with Gasteiger partial charge in [0.25, 0.3) is 0 Å². The quantitative estimate of drug-likeness (QED) is 0.166. The van der Waals surface area contributed by atoms with Crippen LogP contribution in [0.15, 0.2) is 175 Å². The van der Waals surface area contributed by atoms with Crippen LogP contribution in [0.1, 0.15) is 11.1 Å².